The fourth-order valence-electron chi connectivity index (χ4n) is 4.25. The molecule has 6 rings (SSSR count). The summed E-state index contributed by atoms with van der Waals surface area (Å²) in [5.41, 5.74) is 3.41. The van der Waals surface area contributed by atoms with Crippen molar-refractivity contribution < 1.29 is 9.47 Å². The molecule has 0 saturated carbocycles. The highest BCUT2D eigenvalue weighted by atomic mass is 32.1. The molecule has 6 heteroatoms. The highest BCUT2D eigenvalue weighted by Gasteiger charge is 2.38. The highest BCUT2D eigenvalue weighted by molar-refractivity contribution is 7.20. The molecule has 2 aromatic heterocycles. The Bertz CT molecular complexity index is 1100. The van der Waals surface area contributed by atoms with E-state index in [0.717, 1.165) is 41.2 Å². The van der Waals surface area contributed by atoms with Crippen LogP contribution in [0.25, 0.3) is 21.1 Å². The third kappa shape index (κ3) is 2.72. The molecule has 2 atom stereocenters. The van der Waals surface area contributed by atoms with Gasteiger partial charge < -0.3 is 14.5 Å². The van der Waals surface area contributed by atoms with Gasteiger partial charge in [0.1, 0.15) is 5.75 Å². The number of ether oxygens (including phenoxy) is 2. The molecule has 2 fully saturated rings. The summed E-state index contributed by atoms with van der Waals surface area (Å²) in [6, 6.07) is 14.9. The molecule has 2 aromatic carbocycles. The first-order valence-electron chi connectivity index (χ1n) is 9.31. The lowest BCUT2D eigenvalue weighted by atomic mass is 10.1. The van der Waals surface area contributed by atoms with E-state index in [9.17, 15) is 0 Å². The number of fused-ring (bicyclic) bond motifs is 4. The van der Waals surface area contributed by atoms with Crippen LogP contribution in [0.4, 0.5) is 0 Å². The number of benzene rings is 2. The fourth-order valence-corrected chi connectivity index (χ4v) is 5.08. The van der Waals surface area contributed by atoms with Gasteiger partial charge in [-0.2, -0.15) is 0 Å². The fraction of sp³-hybridized carbons (Fsp3) is 0.286. The second-order valence-electron chi connectivity index (χ2n) is 7.35. The van der Waals surface area contributed by atoms with Crippen LogP contribution < -0.4 is 4.74 Å². The first-order chi connectivity index (χ1) is 13.3. The van der Waals surface area contributed by atoms with E-state index in [1.54, 1.807) is 11.3 Å². The van der Waals surface area contributed by atoms with Crippen molar-refractivity contribution in [2.45, 2.75) is 25.1 Å². The number of likely N-dealkylation sites (tertiary alicyclic amines) is 1. The zero-order valence-electron chi connectivity index (χ0n) is 14.7. The van der Waals surface area contributed by atoms with Crippen molar-refractivity contribution in [3.05, 3.63) is 54.2 Å². The lowest BCUT2D eigenvalue weighted by Crippen LogP contribution is -2.36. The number of nitrogens with one attached hydrogen (secondary N) is 1. The van der Waals surface area contributed by atoms with E-state index in [4.69, 9.17) is 9.47 Å². The lowest BCUT2D eigenvalue weighted by Gasteiger charge is -2.26. The Hall–Kier alpha value is -2.41. The number of hydrogen-bond acceptors (Lipinski definition) is 5. The topological polar surface area (TPSA) is 50.4 Å². The number of morpholine rings is 1. The average Bonchev–Trinajstić information content (AvgIpc) is 3.45. The van der Waals surface area contributed by atoms with E-state index in [1.807, 2.05) is 24.3 Å². The minimum absolute atomic E-state index is 0.439. The van der Waals surface area contributed by atoms with Gasteiger partial charge in [0.2, 0.25) is 0 Å². The van der Waals surface area contributed by atoms with Crippen molar-refractivity contribution in [2.24, 2.45) is 0 Å². The Morgan fingerprint density at radius 1 is 1.26 bits per heavy atom. The zero-order valence-corrected chi connectivity index (χ0v) is 15.5. The smallest absolute Gasteiger partial charge is 0.279 e. The molecule has 0 aliphatic carbocycles. The van der Waals surface area contributed by atoms with E-state index in [-0.39, 0.29) is 0 Å². The number of para-hydroxylation sites is 1. The molecule has 0 spiro atoms. The monoisotopic (exact) mass is 377 g/mol. The van der Waals surface area contributed by atoms with Gasteiger partial charge in [0.15, 0.2) is 0 Å². The molecular weight excluding hydrogens is 358 g/mol. The predicted molar refractivity (Wildman–Crippen MR) is 107 cm³/mol. The van der Waals surface area contributed by atoms with Crippen LogP contribution in [-0.4, -0.2) is 40.2 Å². The van der Waals surface area contributed by atoms with Gasteiger partial charge in [-0.25, -0.2) is 4.98 Å². The Balaban J connectivity index is 1.25. The van der Waals surface area contributed by atoms with E-state index in [0.29, 0.717) is 17.3 Å². The standard InChI is InChI=1S/C21H19N3O2S/c1-2-4-20-18(3-1)23-21(27-20)26-15-5-6-17-13(9-22-19(17)8-15)10-24-11-16-7-14(24)12-25-16/h1-6,8-9,14,16,22H,7,10-12H2/t14-,16+/m1/s1. The molecular formula is C21H19N3O2S. The van der Waals surface area contributed by atoms with Crippen molar-refractivity contribution in [1.82, 2.24) is 14.9 Å². The van der Waals surface area contributed by atoms with Crippen molar-refractivity contribution in [3.63, 3.8) is 0 Å². The van der Waals surface area contributed by atoms with E-state index >= 15 is 0 Å². The summed E-state index contributed by atoms with van der Waals surface area (Å²) in [5.74, 6) is 0.809. The van der Waals surface area contributed by atoms with Gasteiger partial charge in [0, 0.05) is 42.3 Å². The number of aromatic amines is 1. The van der Waals surface area contributed by atoms with Gasteiger partial charge in [-0.15, -0.1) is 0 Å². The van der Waals surface area contributed by atoms with Crippen LogP contribution in [0.15, 0.2) is 48.7 Å². The van der Waals surface area contributed by atoms with Gasteiger partial charge >= 0.3 is 0 Å². The highest BCUT2D eigenvalue weighted by Crippen LogP contribution is 2.34. The van der Waals surface area contributed by atoms with Crippen molar-refractivity contribution in [1.29, 1.82) is 0 Å². The normalized spacial score (nSPS) is 22.2. The molecule has 1 N–H and O–H groups in total. The van der Waals surface area contributed by atoms with Gasteiger partial charge in [-0.05, 0) is 36.2 Å². The van der Waals surface area contributed by atoms with Crippen LogP contribution in [0.5, 0.6) is 10.9 Å². The van der Waals surface area contributed by atoms with Crippen LogP contribution in [-0.2, 0) is 11.3 Å². The summed E-state index contributed by atoms with van der Waals surface area (Å²) < 4.78 is 12.9. The molecule has 0 unspecified atom stereocenters. The SMILES string of the molecule is c1ccc2sc(Oc3ccc4c(CN5C[C@@H]6C[C@@H]5CO6)c[nH]c4c3)nc2c1. The Kier molecular flexibility index (Phi) is 3.50. The molecule has 5 nitrogen and oxygen atoms in total. The summed E-state index contributed by atoms with van der Waals surface area (Å²) >= 11 is 1.57. The van der Waals surface area contributed by atoms with Crippen molar-refractivity contribution in [2.75, 3.05) is 13.2 Å². The molecule has 4 heterocycles. The molecule has 136 valence electrons. The molecule has 2 aliphatic heterocycles. The number of hydrogen-bond donors (Lipinski definition) is 1. The average molecular weight is 377 g/mol. The minimum atomic E-state index is 0.439. The molecule has 0 radical (unpaired) electrons. The van der Waals surface area contributed by atoms with Gasteiger partial charge in [-0.3, -0.25) is 4.90 Å². The second kappa shape index (κ2) is 6.05. The number of nitrogens with zero attached hydrogens (tertiary/aromatic N) is 2. The maximum absolute atomic E-state index is 6.01. The van der Waals surface area contributed by atoms with Crippen molar-refractivity contribution >= 4 is 32.5 Å². The van der Waals surface area contributed by atoms with Crippen LogP contribution in [0.3, 0.4) is 0 Å². The second-order valence-corrected chi connectivity index (χ2v) is 8.34. The van der Waals surface area contributed by atoms with Crippen molar-refractivity contribution in [3.8, 4) is 10.9 Å². The van der Waals surface area contributed by atoms with Crippen LogP contribution in [0.2, 0.25) is 0 Å². The third-order valence-electron chi connectivity index (χ3n) is 5.61. The quantitative estimate of drug-likeness (QED) is 0.567. The van der Waals surface area contributed by atoms with E-state index < -0.39 is 0 Å². The minimum Gasteiger partial charge on any atom is -0.431 e. The summed E-state index contributed by atoms with van der Waals surface area (Å²) in [4.78, 5) is 10.5. The molecule has 0 amide bonds. The first-order valence-corrected chi connectivity index (χ1v) is 10.1. The third-order valence-corrected chi connectivity index (χ3v) is 6.52. The zero-order chi connectivity index (χ0) is 17.8. The number of aromatic nitrogens is 2. The van der Waals surface area contributed by atoms with E-state index in [2.05, 4.69) is 39.3 Å². The summed E-state index contributed by atoms with van der Waals surface area (Å²) in [6.07, 6.45) is 3.75. The maximum atomic E-state index is 6.01. The van der Waals surface area contributed by atoms with Gasteiger partial charge in [0.25, 0.3) is 5.19 Å². The first kappa shape index (κ1) is 15.6. The summed E-state index contributed by atoms with van der Waals surface area (Å²) in [7, 11) is 0. The molecule has 2 bridgehead atoms. The van der Waals surface area contributed by atoms with Crippen LogP contribution in [0.1, 0.15) is 12.0 Å². The molecule has 27 heavy (non-hydrogen) atoms. The Morgan fingerprint density at radius 3 is 3.07 bits per heavy atom. The number of thiazole rings is 1. The Morgan fingerprint density at radius 2 is 2.22 bits per heavy atom. The number of rotatable bonds is 4. The van der Waals surface area contributed by atoms with E-state index in [1.165, 1.54) is 17.4 Å². The lowest BCUT2D eigenvalue weighted by molar-refractivity contribution is 0.0275. The Labute approximate surface area is 160 Å². The van der Waals surface area contributed by atoms with Crippen LogP contribution in [0, 0.1) is 0 Å². The van der Waals surface area contributed by atoms with Crippen LogP contribution >= 0.6 is 11.3 Å². The molecule has 4 aromatic rings. The summed E-state index contributed by atoms with van der Waals surface area (Å²) in [5, 5.41) is 1.94. The molecule has 2 saturated heterocycles. The van der Waals surface area contributed by atoms with Gasteiger partial charge in [-0.1, -0.05) is 23.5 Å². The number of H-pyrrole nitrogens is 1. The summed E-state index contributed by atoms with van der Waals surface area (Å²) in [6.45, 7) is 2.91. The molecule has 2 aliphatic rings. The van der Waals surface area contributed by atoms with Gasteiger partial charge in [0.05, 0.1) is 22.9 Å². The predicted octanol–water partition coefficient (Wildman–Crippen LogP) is 4.54. The maximum Gasteiger partial charge on any atom is 0.279 e. The largest absolute Gasteiger partial charge is 0.431 e.